The molecule has 0 saturated carbocycles. The summed E-state index contributed by atoms with van der Waals surface area (Å²) in [6.07, 6.45) is 1.70. The van der Waals surface area contributed by atoms with Gasteiger partial charge in [0.05, 0.1) is 12.9 Å². The number of aliphatic hydroxyl groups is 1. The van der Waals surface area contributed by atoms with Gasteiger partial charge in [0.2, 0.25) is 14.6 Å². The zero-order valence-corrected chi connectivity index (χ0v) is 22.1. The second kappa shape index (κ2) is 11.4. The normalized spacial score (nSPS) is 27.1. The molecule has 0 spiro atoms. The Morgan fingerprint density at radius 1 is 1.17 bits per heavy atom. The summed E-state index contributed by atoms with van der Waals surface area (Å²) in [5.74, 6) is 2.06. The maximum absolute atomic E-state index is 11.5. The summed E-state index contributed by atoms with van der Waals surface area (Å²) >= 11 is 12.9. The first-order valence-corrected chi connectivity index (χ1v) is 16.8. The predicted molar refractivity (Wildman–Crippen MR) is 134 cm³/mol. The molecule has 0 bridgehead atoms. The average Bonchev–Trinajstić information content (AvgIpc) is 3.42. The molecule has 6 unspecified atom stereocenters. The van der Waals surface area contributed by atoms with Crippen molar-refractivity contribution in [3.63, 3.8) is 0 Å². The fraction of sp³-hybridized carbons (Fsp3) is 0.667. The number of nitrogens with two attached hydrogens (primary N) is 1. The molecule has 4 rings (SSSR count). The zero-order valence-electron chi connectivity index (χ0n) is 16.3. The van der Waals surface area contributed by atoms with Crippen molar-refractivity contribution >= 4 is 91.4 Å². The van der Waals surface area contributed by atoms with E-state index in [2.05, 4.69) is 15.0 Å². The van der Waals surface area contributed by atoms with Crippen molar-refractivity contribution < 1.29 is 14.2 Å². The van der Waals surface area contributed by atoms with Gasteiger partial charge in [-0.15, -0.1) is 0 Å². The summed E-state index contributed by atoms with van der Waals surface area (Å²) in [4.78, 5) is 12.3. The van der Waals surface area contributed by atoms with E-state index >= 15 is 0 Å². The van der Waals surface area contributed by atoms with Gasteiger partial charge < -0.3 is 15.4 Å². The van der Waals surface area contributed by atoms with Crippen LogP contribution < -0.4 is 5.73 Å². The predicted octanol–water partition coefficient (Wildman–Crippen LogP) is 4.22. The Bertz CT molecular complexity index is 939. The molecule has 6 atom stereocenters. The molecule has 0 aliphatic carbocycles. The van der Waals surface area contributed by atoms with Gasteiger partial charge in [0, 0.05) is 28.6 Å². The first kappa shape index (κ1) is 24.8. The van der Waals surface area contributed by atoms with E-state index in [1.807, 2.05) is 4.57 Å². The van der Waals surface area contributed by atoms with Crippen LogP contribution in [0.1, 0.15) is 0 Å². The van der Waals surface area contributed by atoms with Gasteiger partial charge in [-0.25, -0.2) is 4.98 Å². The van der Waals surface area contributed by atoms with Gasteiger partial charge in [0.25, 0.3) is 0 Å². The third-order valence-corrected chi connectivity index (χ3v) is 16.3. The fourth-order valence-electron chi connectivity index (χ4n) is 2.72. The van der Waals surface area contributed by atoms with Gasteiger partial charge >= 0.3 is 15.6 Å². The Morgan fingerprint density at radius 2 is 1.77 bits per heavy atom. The number of halogens is 1. The molecular weight excluding hydrogens is 524 g/mol. The molecular formula is C15H22ClN5O3P2S4+2. The fourth-order valence-corrected chi connectivity index (χ4v) is 12.6. The molecule has 2 aromatic rings. The summed E-state index contributed by atoms with van der Waals surface area (Å²) in [7, 11) is -2.22. The first-order valence-electron chi connectivity index (χ1n) is 8.87. The van der Waals surface area contributed by atoms with Crippen molar-refractivity contribution in [3.05, 3.63) is 11.5 Å². The van der Waals surface area contributed by atoms with E-state index in [4.69, 9.17) is 22.4 Å². The Labute approximate surface area is 198 Å². The van der Waals surface area contributed by atoms with Gasteiger partial charge in [-0.2, -0.15) is 9.97 Å². The van der Waals surface area contributed by atoms with Gasteiger partial charge in [-0.1, -0.05) is 67.8 Å². The first-order chi connectivity index (χ1) is 14.3. The van der Waals surface area contributed by atoms with Crippen LogP contribution in [-0.2, 0) is 15.7 Å². The molecule has 8 nitrogen and oxygen atoms in total. The zero-order chi connectivity index (χ0) is 21.8. The molecule has 2 aromatic heterocycles. The molecule has 4 heterocycles. The molecule has 2 saturated heterocycles. The lowest BCUT2D eigenvalue weighted by molar-refractivity contribution is 0.302. The number of anilines is 1. The molecule has 30 heavy (non-hydrogen) atoms. The Hall–Kier alpha value is 0.200. The average molecular weight is 546 g/mol. The van der Waals surface area contributed by atoms with Crippen molar-refractivity contribution in [2.75, 3.05) is 37.2 Å². The Kier molecular flexibility index (Phi) is 9.41. The van der Waals surface area contributed by atoms with Gasteiger partial charge in [0.1, 0.15) is 18.8 Å². The second-order valence-corrected chi connectivity index (χ2v) is 17.2. The van der Waals surface area contributed by atoms with Crippen LogP contribution in [0.2, 0.25) is 5.15 Å². The van der Waals surface area contributed by atoms with E-state index in [0.29, 0.717) is 21.7 Å². The Balaban J connectivity index is 0.000000216. The van der Waals surface area contributed by atoms with Crippen LogP contribution in [0.15, 0.2) is 6.33 Å². The standard InChI is InChI=1S/C10H12ClN5OPS2.C5H10O2PS2/c1-18(17)10-19-3-5(20-10)2-16-4-13-6-7(11)14-9(12)15-8(6)16;1-8(7)5-9-3-4(2-6)10-5/h4-5,10H,2-3H2,1H3,(H2,12,14,15);4-6H,2-3H2,1H3/q2*+1. The minimum atomic E-state index is -1.15. The molecule has 2 aliphatic heterocycles. The van der Waals surface area contributed by atoms with E-state index < -0.39 is 15.6 Å². The Morgan fingerprint density at radius 3 is 2.30 bits per heavy atom. The minimum Gasteiger partial charge on any atom is -0.395 e. The van der Waals surface area contributed by atoms with Crippen LogP contribution >= 0.6 is 74.3 Å². The molecule has 0 radical (unpaired) electrons. The van der Waals surface area contributed by atoms with Crippen LogP contribution in [0.25, 0.3) is 11.2 Å². The quantitative estimate of drug-likeness (QED) is 0.414. The highest BCUT2D eigenvalue weighted by molar-refractivity contribution is 8.26. The third-order valence-electron chi connectivity index (χ3n) is 4.10. The number of hydrogen-bond donors (Lipinski definition) is 2. The van der Waals surface area contributed by atoms with Crippen molar-refractivity contribution in [3.8, 4) is 0 Å². The van der Waals surface area contributed by atoms with Crippen LogP contribution in [0.5, 0.6) is 0 Å². The summed E-state index contributed by atoms with van der Waals surface area (Å²) in [5.41, 5.74) is 6.84. The highest BCUT2D eigenvalue weighted by atomic mass is 35.5. The smallest absolute Gasteiger partial charge is 0.360 e. The second-order valence-electron chi connectivity index (χ2n) is 6.51. The molecule has 0 amide bonds. The number of nitrogen functional groups attached to an aromatic ring is 1. The van der Waals surface area contributed by atoms with Gasteiger partial charge in [-0.3, -0.25) is 0 Å². The number of imidazole rings is 1. The van der Waals surface area contributed by atoms with Gasteiger partial charge in [0.15, 0.2) is 10.8 Å². The lowest BCUT2D eigenvalue weighted by atomic mass is 10.4. The third kappa shape index (κ3) is 6.38. The number of fused-ring (bicyclic) bond motifs is 1. The maximum atomic E-state index is 11.5. The summed E-state index contributed by atoms with van der Waals surface area (Å²) in [5, 5.41) is 9.71. The molecule has 2 fully saturated rings. The van der Waals surface area contributed by atoms with Crippen molar-refractivity contribution in [1.82, 2.24) is 19.5 Å². The van der Waals surface area contributed by atoms with Crippen LogP contribution in [0.3, 0.4) is 0 Å². The molecule has 3 N–H and O–H groups in total. The number of thioether (sulfide) groups is 4. The number of aromatic nitrogens is 4. The highest BCUT2D eigenvalue weighted by Crippen LogP contribution is 2.50. The lowest BCUT2D eigenvalue weighted by Gasteiger charge is -2.08. The maximum Gasteiger partial charge on any atom is 0.360 e. The minimum absolute atomic E-state index is 0.146. The van der Waals surface area contributed by atoms with E-state index in [0.717, 1.165) is 18.1 Å². The van der Waals surface area contributed by atoms with Crippen molar-refractivity contribution in [2.24, 2.45) is 0 Å². The monoisotopic (exact) mass is 545 g/mol. The van der Waals surface area contributed by atoms with Crippen LogP contribution in [-0.4, -0.2) is 75.2 Å². The molecule has 164 valence electrons. The van der Waals surface area contributed by atoms with E-state index in [-0.39, 0.29) is 26.4 Å². The number of aliphatic hydroxyl groups excluding tert-OH is 1. The summed E-state index contributed by atoms with van der Waals surface area (Å²) in [6.45, 7) is 4.50. The summed E-state index contributed by atoms with van der Waals surface area (Å²) in [6, 6.07) is 0. The summed E-state index contributed by atoms with van der Waals surface area (Å²) < 4.78 is 24.8. The lowest BCUT2D eigenvalue weighted by Crippen LogP contribution is -2.12. The molecule has 15 heteroatoms. The number of rotatable bonds is 5. The molecule has 2 aliphatic rings. The topological polar surface area (TPSA) is 124 Å². The number of hydrogen-bond acceptors (Lipinski definition) is 11. The largest absolute Gasteiger partial charge is 0.395 e. The van der Waals surface area contributed by atoms with Crippen LogP contribution in [0, 0.1) is 0 Å². The SMILES string of the molecule is C[P+](=O)C1SCC(CO)S1.C[P+](=O)C1SCC(Cn2cnc3c(Cl)nc(N)nc32)S1. The van der Waals surface area contributed by atoms with Crippen molar-refractivity contribution in [1.29, 1.82) is 0 Å². The van der Waals surface area contributed by atoms with E-state index in [1.54, 1.807) is 66.7 Å². The van der Waals surface area contributed by atoms with Gasteiger partial charge in [-0.05, 0) is 0 Å². The van der Waals surface area contributed by atoms with E-state index in [9.17, 15) is 9.13 Å². The van der Waals surface area contributed by atoms with Crippen LogP contribution in [0.4, 0.5) is 5.95 Å². The number of nitrogens with zero attached hydrogens (tertiary/aromatic N) is 4. The van der Waals surface area contributed by atoms with E-state index in [1.165, 1.54) is 0 Å². The highest BCUT2D eigenvalue weighted by Gasteiger charge is 2.37. The van der Waals surface area contributed by atoms with Crippen molar-refractivity contribution in [2.45, 2.75) is 25.7 Å². The molecule has 0 aromatic carbocycles.